The molecule has 2 aliphatic carbocycles. The molecule has 0 amide bonds. The van der Waals surface area contributed by atoms with Crippen LogP contribution in [0.3, 0.4) is 0 Å². The molecule has 0 heterocycles. The molecule has 0 fully saturated rings. The minimum Gasteiger partial charge on any atom is -0.310 e. The number of fused-ring (bicyclic) bond motifs is 7. The number of rotatable bonds is 9. The van der Waals surface area contributed by atoms with Crippen molar-refractivity contribution in [2.75, 3.05) is 4.90 Å². The Hall–Kier alpha value is -9.30. The van der Waals surface area contributed by atoms with Gasteiger partial charge in [0.2, 0.25) is 0 Å². The Morgan fingerprint density at radius 1 is 0.233 bits per heavy atom. The SMILES string of the molecule is c1ccc(N(c2ccc(-c3ccc4ccccc4c3-c3ccc4c(c3)C(c3ccccc3)(c3ccccc3)c3ccccc3-4)cc2)c2ccc3c(c2)C(c2ccccc2)(c2ccccc2)c2ccccc2-3)cc1. The summed E-state index contributed by atoms with van der Waals surface area (Å²) in [6.07, 6.45) is 0. The normalized spacial score (nSPS) is 13.4. The van der Waals surface area contributed by atoms with Crippen LogP contribution in [0.4, 0.5) is 17.1 Å². The third-order valence-corrected chi connectivity index (χ3v) is 15.8. The third-order valence-electron chi connectivity index (χ3n) is 15.8. The van der Waals surface area contributed by atoms with E-state index in [0.29, 0.717) is 0 Å². The Balaban J connectivity index is 0.935. The zero-order chi connectivity index (χ0) is 48.3. The standard InChI is InChI=1S/C72H49N/c1-6-23-53(24-7-1)71(54-25-8-2-9-26-54)66-36-20-18-34-62(66)64-46-41-52(48-68(64)71)70-60-33-17-16-22-50(60)40-45-61(70)51-38-42-58(43-39-51)73(57-31-14-5-15-32-57)59-44-47-65-63-35-19-21-37-67(63)72(69(65)49-59,55-27-10-3-11-28-55)56-29-12-4-13-30-56/h1-49H. The number of nitrogens with zero attached hydrogens (tertiary/aromatic N) is 1. The fourth-order valence-electron chi connectivity index (χ4n) is 12.8. The van der Waals surface area contributed by atoms with E-state index in [1.807, 2.05) is 0 Å². The van der Waals surface area contributed by atoms with Crippen molar-refractivity contribution in [2.24, 2.45) is 0 Å². The zero-order valence-electron chi connectivity index (χ0n) is 40.2. The van der Waals surface area contributed by atoms with Gasteiger partial charge in [0, 0.05) is 17.1 Å². The molecule has 12 aromatic rings. The predicted octanol–water partition coefficient (Wildman–Crippen LogP) is 18.4. The molecule has 0 aromatic heterocycles. The van der Waals surface area contributed by atoms with E-state index in [0.717, 1.165) is 22.6 Å². The molecule has 0 atom stereocenters. The van der Waals surface area contributed by atoms with Crippen LogP contribution in [0.25, 0.3) is 55.3 Å². The number of benzene rings is 12. The van der Waals surface area contributed by atoms with Crippen LogP contribution in [0.1, 0.15) is 44.5 Å². The van der Waals surface area contributed by atoms with Crippen molar-refractivity contribution in [3.05, 3.63) is 342 Å². The molecule has 14 rings (SSSR count). The summed E-state index contributed by atoms with van der Waals surface area (Å²) in [5.41, 5.74) is 22.4. The Kier molecular flexibility index (Phi) is 10.0. The Morgan fingerprint density at radius 2 is 0.616 bits per heavy atom. The first-order valence-corrected chi connectivity index (χ1v) is 25.4. The van der Waals surface area contributed by atoms with E-state index in [4.69, 9.17) is 0 Å². The van der Waals surface area contributed by atoms with Gasteiger partial charge in [0.1, 0.15) is 0 Å². The predicted molar refractivity (Wildman–Crippen MR) is 304 cm³/mol. The lowest BCUT2D eigenvalue weighted by atomic mass is 9.67. The van der Waals surface area contributed by atoms with Crippen LogP contribution in [0.15, 0.2) is 297 Å². The van der Waals surface area contributed by atoms with Gasteiger partial charge in [-0.25, -0.2) is 0 Å². The molecule has 12 aromatic carbocycles. The summed E-state index contributed by atoms with van der Waals surface area (Å²) < 4.78 is 0. The fraction of sp³-hybridized carbons (Fsp3) is 0.0278. The lowest BCUT2D eigenvalue weighted by Gasteiger charge is -2.35. The van der Waals surface area contributed by atoms with Crippen molar-refractivity contribution in [1.82, 2.24) is 0 Å². The topological polar surface area (TPSA) is 3.24 Å². The molecule has 0 unspecified atom stereocenters. The van der Waals surface area contributed by atoms with Crippen LogP contribution in [0.2, 0.25) is 0 Å². The highest BCUT2D eigenvalue weighted by atomic mass is 15.1. The summed E-state index contributed by atoms with van der Waals surface area (Å²) in [5, 5.41) is 2.45. The fourth-order valence-corrected chi connectivity index (χ4v) is 12.8. The molecule has 1 heteroatoms. The molecule has 342 valence electrons. The number of hydrogen-bond donors (Lipinski definition) is 0. The maximum Gasteiger partial charge on any atom is 0.0714 e. The van der Waals surface area contributed by atoms with E-state index in [2.05, 4.69) is 302 Å². The van der Waals surface area contributed by atoms with Crippen molar-refractivity contribution in [1.29, 1.82) is 0 Å². The largest absolute Gasteiger partial charge is 0.310 e. The summed E-state index contributed by atoms with van der Waals surface area (Å²) in [4.78, 5) is 2.42. The van der Waals surface area contributed by atoms with Crippen LogP contribution in [0.5, 0.6) is 0 Å². The van der Waals surface area contributed by atoms with E-state index in [1.165, 1.54) is 94.2 Å². The van der Waals surface area contributed by atoms with Gasteiger partial charge in [-0.15, -0.1) is 0 Å². The van der Waals surface area contributed by atoms with Crippen molar-refractivity contribution >= 4 is 27.8 Å². The Bertz CT molecular complexity index is 3910. The van der Waals surface area contributed by atoms with E-state index >= 15 is 0 Å². The quantitative estimate of drug-likeness (QED) is 0.139. The molecule has 2 aliphatic rings. The summed E-state index contributed by atoms with van der Waals surface area (Å²) in [5.74, 6) is 0. The van der Waals surface area contributed by atoms with Gasteiger partial charge in [0.25, 0.3) is 0 Å². The van der Waals surface area contributed by atoms with E-state index < -0.39 is 10.8 Å². The number of para-hydroxylation sites is 1. The summed E-state index contributed by atoms with van der Waals surface area (Å²) in [6, 6.07) is 110. The van der Waals surface area contributed by atoms with Crippen molar-refractivity contribution in [2.45, 2.75) is 10.8 Å². The molecule has 0 saturated heterocycles. The zero-order valence-corrected chi connectivity index (χ0v) is 40.2. The number of anilines is 3. The molecule has 0 spiro atoms. The van der Waals surface area contributed by atoms with Gasteiger partial charge in [-0.1, -0.05) is 255 Å². The first-order chi connectivity index (χ1) is 36.2. The van der Waals surface area contributed by atoms with Crippen molar-refractivity contribution in [3.8, 4) is 44.5 Å². The van der Waals surface area contributed by atoms with Crippen LogP contribution in [-0.4, -0.2) is 0 Å². The first kappa shape index (κ1) is 42.6. The minimum atomic E-state index is -0.509. The molecule has 1 nitrogen and oxygen atoms in total. The van der Waals surface area contributed by atoms with E-state index in [-0.39, 0.29) is 0 Å². The summed E-state index contributed by atoms with van der Waals surface area (Å²) in [6.45, 7) is 0. The minimum absolute atomic E-state index is 0.500. The van der Waals surface area contributed by atoms with E-state index in [1.54, 1.807) is 0 Å². The highest BCUT2D eigenvalue weighted by Gasteiger charge is 2.47. The molecule has 73 heavy (non-hydrogen) atoms. The molecule has 0 aliphatic heterocycles. The van der Waals surface area contributed by atoms with Crippen LogP contribution >= 0.6 is 0 Å². The average molecular weight is 928 g/mol. The second-order valence-corrected chi connectivity index (χ2v) is 19.5. The molecule has 0 saturated carbocycles. The summed E-state index contributed by atoms with van der Waals surface area (Å²) in [7, 11) is 0. The lowest BCUT2D eigenvalue weighted by Crippen LogP contribution is -2.28. The van der Waals surface area contributed by atoms with Crippen molar-refractivity contribution in [3.63, 3.8) is 0 Å². The maximum absolute atomic E-state index is 2.50. The highest BCUT2D eigenvalue weighted by Crippen LogP contribution is 2.59. The summed E-state index contributed by atoms with van der Waals surface area (Å²) >= 11 is 0. The molecule has 0 radical (unpaired) electrons. The van der Waals surface area contributed by atoms with Gasteiger partial charge in [0.15, 0.2) is 0 Å². The second-order valence-electron chi connectivity index (χ2n) is 19.5. The van der Waals surface area contributed by atoms with Crippen LogP contribution in [0, 0.1) is 0 Å². The van der Waals surface area contributed by atoms with Gasteiger partial charge in [0.05, 0.1) is 10.8 Å². The molecular weight excluding hydrogens is 879 g/mol. The number of hydrogen-bond acceptors (Lipinski definition) is 1. The smallest absolute Gasteiger partial charge is 0.0714 e. The molecule has 0 N–H and O–H groups in total. The van der Waals surface area contributed by atoms with Gasteiger partial charge >= 0.3 is 0 Å². The van der Waals surface area contributed by atoms with Crippen LogP contribution < -0.4 is 4.90 Å². The third kappa shape index (κ3) is 6.49. The van der Waals surface area contributed by atoms with Gasteiger partial charge < -0.3 is 4.90 Å². The van der Waals surface area contributed by atoms with Gasteiger partial charge in [-0.05, 0) is 142 Å². The average Bonchev–Trinajstić information content (AvgIpc) is 3.94. The first-order valence-electron chi connectivity index (χ1n) is 25.4. The Morgan fingerprint density at radius 3 is 1.16 bits per heavy atom. The lowest BCUT2D eigenvalue weighted by molar-refractivity contribution is 0.768. The molecular formula is C72H49N. The van der Waals surface area contributed by atoms with Crippen molar-refractivity contribution < 1.29 is 0 Å². The Labute approximate surface area is 427 Å². The highest BCUT2D eigenvalue weighted by molar-refractivity contribution is 6.05. The monoisotopic (exact) mass is 927 g/mol. The van der Waals surface area contributed by atoms with Gasteiger partial charge in [-0.3, -0.25) is 0 Å². The maximum atomic E-state index is 2.50. The second kappa shape index (κ2) is 17.2. The molecule has 0 bridgehead atoms. The van der Waals surface area contributed by atoms with Gasteiger partial charge in [-0.2, -0.15) is 0 Å². The van der Waals surface area contributed by atoms with E-state index in [9.17, 15) is 0 Å². The van der Waals surface area contributed by atoms with Crippen LogP contribution in [-0.2, 0) is 10.8 Å².